The van der Waals surface area contributed by atoms with Crippen LogP contribution < -0.4 is 16.2 Å². The molecule has 0 bridgehead atoms. The number of nitrogens with zero attached hydrogens (tertiary/aromatic N) is 1. The van der Waals surface area contributed by atoms with Gasteiger partial charge in [0.1, 0.15) is 0 Å². The Labute approximate surface area is 125 Å². The van der Waals surface area contributed by atoms with E-state index < -0.39 is 0 Å². The summed E-state index contributed by atoms with van der Waals surface area (Å²) in [5, 5.41) is 0. The number of carbonyl (C=O) groups excluding carboxylic acids is 1. The molecule has 0 aromatic heterocycles. The molecule has 1 amide bonds. The van der Waals surface area contributed by atoms with Crippen molar-refractivity contribution in [1.82, 2.24) is 0 Å². The molecule has 0 unspecified atom stereocenters. The number of hydrazine groups is 1. The maximum atomic E-state index is 12.7. The maximum Gasteiger partial charge on any atom is 0.260 e. The van der Waals surface area contributed by atoms with Crippen molar-refractivity contribution in [2.24, 2.45) is 5.84 Å². The topological polar surface area (TPSA) is 58.4 Å². The fourth-order valence-electron chi connectivity index (χ4n) is 2.44. The van der Waals surface area contributed by atoms with Gasteiger partial charge in [0.2, 0.25) is 0 Å². The van der Waals surface area contributed by atoms with E-state index in [1.54, 1.807) is 18.0 Å². The van der Waals surface area contributed by atoms with E-state index in [2.05, 4.69) is 11.5 Å². The maximum absolute atomic E-state index is 12.7. The highest BCUT2D eigenvalue weighted by Crippen LogP contribution is 2.24. The van der Waals surface area contributed by atoms with Gasteiger partial charge in [-0.1, -0.05) is 23.8 Å². The lowest BCUT2D eigenvalue weighted by Crippen LogP contribution is -2.28. The number of amides is 1. The van der Waals surface area contributed by atoms with E-state index >= 15 is 0 Å². The molecule has 4 nitrogen and oxygen atoms in total. The molecule has 0 saturated heterocycles. The van der Waals surface area contributed by atoms with Crippen molar-refractivity contribution in [3.63, 3.8) is 0 Å². The smallest absolute Gasteiger partial charge is 0.260 e. The third-order valence-electron chi connectivity index (χ3n) is 3.58. The minimum Gasteiger partial charge on any atom is -0.323 e. The van der Waals surface area contributed by atoms with Crippen LogP contribution >= 0.6 is 0 Å². The van der Waals surface area contributed by atoms with Gasteiger partial charge in [0.05, 0.1) is 11.3 Å². The molecule has 21 heavy (non-hydrogen) atoms. The molecule has 0 spiro atoms. The molecule has 0 atom stereocenters. The Kier molecular flexibility index (Phi) is 4.29. The second kappa shape index (κ2) is 5.97. The highest BCUT2D eigenvalue weighted by atomic mass is 16.2. The number of aryl methyl sites for hydroxylation is 3. The van der Waals surface area contributed by atoms with Crippen LogP contribution in [0.25, 0.3) is 0 Å². The summed E-state index contributed by atoms with van der Waals surface area (Å²) in [6, 6.07) is 11.6. The molecule has 0 aliphatic rings. The number of hydrogen-bond donors (Lipinski definition) is 2. The van der Waals surface area contributed by atoms with E-state index in [1.807, 2.05) is 45.0 Å². The van der Waals surface area contributed by atoms with E-state index in [4.69, 9.17) is 5.84 Å². The summed E-state index contributed by atoms with van der Waals surface area (Å²) < 4.78 is 0. The molecule has 0 radical (unpaired) electrons. The minimum atomic E-state index is -0.0881. The van der Waals surface area contributed by atoms with Crippen LogP contribution in [0.1, 0.15) is 27.0 Å². The SMILES string of the molecule is Cc1ccc(N(C)C(=O)c2ccc(C)cc2NN)c(C)c1. The number of anilines is 2. The second-order valence-corrected chi connectivity index (χ2v) is 5.35. The number of nitrogen functional groups attached to an aromatic ring is 1. The molecule has 2 rings (SSSR count). The zero-order chi connectivity index (χ0) is 15.6. The Bertz CT molecular complexity index is 680. The number of nitrogens with one attached hydrogen (secondary N) is 1. The Morgan fingerprint density at radius 3 is 2.29 bits per heavy atom. The summed E-state index contributed by atoms with van der Waals surface area (Å²) >= 11 is 0. The number of rotatable bonds is 3. The number of hydrogen-bond acceptors (Lipinski definition) is 3. The third-order valence-corrected chi connectivity index (χ3v) is 3.58. The van der Waals surface area contributed by atoms with Gasteiger partial charge in [-0.25, -0.2) is 0 Å². The molecule has 0 aliphatic carbocycles. The highest BCUT2D eigenvalue weighted by molar-refractivity contribution is 6.09. The van der Waals surface area contributed by atoms with Crippen molar-refractivity contribution < 1.29 is 4.79 Å². The fourth-order valence-corrected chi connectivity index (χ4v) is 2.44. The van der Waals surface area contributed by atoms with Crippen LogP contribution in [0, 0.1) is 20.8 Å². The molecule has 4 heteroatoms. The monoisotopic (exact) mass is 283 g/mol. The first-order chi connectivity index (χ1) is 9.93. The standard InChI is InChI=1S/C17H21N3O/c1-11-6-8-16(13(3)9-11)20(4)17(21)14-7-5-12(2)10-15(14)19-18/h5-10,19H,18H2,1-4H3. The van der Waals surface area contributed by atoms with Crippen molar-refractivity contribution in [3.05, 3.63) is 58.7 Å². The normalized spacial score (nSPS) is 10.3. The van der Waals surface area contributed by atoms with Crippen LogP contribution in [-0.4, -0.2) is 13.0 Å². The van der Waals surface area contributed by atoms with Gasteiger partial charge in [-0.05, 0) is 50.1 Å². The van der Waals surface area contributed by atoms with Crippen molar-refractivity contribution >= 4 is 17.3 Å². The first-order valence-corrected chi connectivity index (χ1v) is 6.86. The predicted molar refractivity (Wildman–Crippen MR) is 87.6 cm³/mol. The average molecular weight is 283 g/mol. The van der Waals surface area contributed by atoms with Gasteiger partial charge < -0.3 is 10.3 Å². The molecule has 0 fully saturated rings. The molecule has 0 heterocycles. The number of carbonyl (C=O) groups is 1. The number of benzene rings is 2. The van der Waals surface area contributed by atoms with Gasteiger partial charge in [0, 0.05) is 12.7 Å². The first-order valence-electron chi connectivity index (χ1n) is 6.86. The molecular weight excluding hydrogens is 262 g/mol. The summed E-state index contributed by atoms with van der Waals surface area (Å²) in [6.07, 6.45) is 0. The summed E-state index contributed by atoms with van der Waals surface area (Å²) in [6.45, 7) is 6.00. The van der Waals surface area contributed by atoms with E-state index in [-0.39, 0.29) is 5.91 Å². The quantitative estimate of drug-likeness (QED) is 0.672. The Balaban J connectivity index is 2.39. The van der Waals surface area contributed by atoms with Crippen LogP contribution in [-0.2, 0) is 0 Å². The van der Waals surface area contributed by atoms with Crippen molar-refractivity contribution in [2.45, 2.75) is 20.8 Å². The Morgan fingerprint density at radius 2 is 1.67 bits per heavy atom. The number of nitrogens with two attached hydrogens (primary N) is 1. The summed E-state index contributed by atoms with van der Waals surface area (Å²) in [5.41, 5.74) is 7.99. The molecule has 0 saturated carbocycles. The van der Waals surface area contributed by atoms with Gasteiger partial charge in [-0.3, -0.25) is 10.6 Å². The average Bonchev–Trinajstić information content (AvgIpc) is 2.45. The Hall–Kier alpha value is -2.33. The predicted octanol–water partition coefficient (Wildman–Crippen LogP) is 3.17. The van der Waals surface area contributed by atoms with Crippen molar-refractivity contribution in [3.8, 4) is 0 Å². The van der Waals surface area contributed by atoms with Crippen LogP contribution in [0.3, 0.4) is 0 Å². The fraction of sp³-hybridized carbons (Fsp3) is 0.235. The lowest BCUT2D eigenvalue weighted by atomic mass is 10.1. The highest BCUT2D eigenvalue weighted by Gasteiger charge is 2.18. The van der Waals surface area contributed by atoms with E-state index in [1.165, 1.54) is 5.56 Å². The van der Waals surface area contributed by atoms with Crippen molar-refractivity contribution in [2.75, 3.05) is 17.4 Å². The van der Waals surface area contributed by atoms with Gasteiger partial charge in [0.25, 0.3) is 5.91 Å². The van der Waals surface area contributed by atoms with E-state index in [0.717, 1.165) is 16.8 Å². The van der Waals surface area contributed by atoms with Gasteiger partial charge >= 0.3 is 0 Å². The van der Waals surface area contributed by atoms with Gasteiger partial charge in [-0.15, -0.1) is 0 Å². The van der Waals surface area contributed by atoms with E-state index in [0.29, 0.717) is 11.3 Å². The summed E-state index contributed by atoms with van der Waals surface area (Å²) in [7, 11) is 1.78. The lowest BCUT2D eigenvalue weighted by molar-refractivity contribution is 0.0993. The second-order valence-electron chi connectivity index (χ2n) is 5.35. The molecule has 2 aromatic rings. The summed E-state index contributed by atoms with van der Waals surface area (Å²) in [4.78, 5) is 14.4. The molecular formula is C17H21N3O. The van der Waals surface area contributed by atoms with Crippen molar-refractivity contribution in [1.29, 1.82) is 0 Å². The molecule has 3 N–H and O–H groups in total. The van der Waals surface area contributed by atoms with Crippen LogP contribution in [0.2, 0.25) is 0 Å². The van der Waals surface area contributed by atoms with Crippen LogP contribution in [0.5, 0.6) is 0 Å². The third kappa shape index (κ3) is 3.06. The largest absolute Gasteiger partial charge is 0.323 e. The van der Waals surface area contributed by atoms with Crippen LogP contribution in [0.4, 0.5) is 11.4 Å². The Morgan fingerprint density at radius 1 is 1.05 bits per heavy atom. The molecule has 0 aliphatic heterocycles. The molecule has 110 valence electrons. The zero-order valence-corrected chi connectivity index (χ0v) is 12.9. The lowest BCUT2D eigenvalue weighted by Gasteiger charge is -2.21. The van der Waals surface area contributed by atoms with E-state index in [9.17, 15) is 4.79 Å². The van der Waals surface area contributed by atoms with Crippen LogP contribution in [0.15, 0.2) is 36.4 Å². The minimum absolute atomic E-state index is 0.0881. The van der Waals surface area contributed by atoms with Gasteiger partial charge in [-0.2, -0.15) is 0 Å². The first kappa shape index (κ1) is 15.1. The summed E-state index contributed by atoms with van der Waals surface area (Å²) in [5.74, 6) is 5.44. The molecule has 2 aromatic carbocycles. The zero-order valence-electron chi connectivity index (χ0n) is 12.9. The van der Waals surface area contributed by atoms with Gasteiger partial charge in [0.15, 0.2) is 0 Å².